The summed E-state index contributed by atoms with van der Waals surface area (Å²) in [6, 6.07) is 14.4. The molecule has 0 radical (unpaired) electrons. The molecule has 0 aliphatic rings. The van der Waals surface area contributed by atoms with Gasteiger partial charge in [-0.1, -0.05) is 35.9 Å². The molecule has 128 valence electrons. The first-order valence-electron chi connectivity index (χ1n) is 7.66. The van der Waals surface area contributed by atoms with E-state index in [1.807, 2.05) is 18.2 Å². The highest BCUT2D eigenvalue weighted by atomic mass is 19.4. The first kappa shape index (κ1) is 17.0. The van der Waals surface area contributed by atoms with E-state index in [2.05, 4.69) is 0 Å². The summed E-state index contributed by atoms with van der Waals surface area (Å²) >= 11 is 0. The van der Waals surface area contributed by atoms with Crippen molar-refractivity contribution < 1.29 is 22.7 Å². The first-order chi connectivity index (χ1) is 11.9. The molecule has 0 aromatic heterocycles. The van der Waals surface area contributed by atoms with Gasteiger partial charge in [0.25, 0.3) is 0 Å². The third-order valence-electron chi connectivity index (χ3n) is 3.90. The molecule has 0 unspecified atom stereocenters. The number of rotatable bonds is 4. The summed E-state index contributed by atoms with van der Waals surface area (Å²) in [5.41, 5.74) is 0.815. The summed E-state index contributed by atoms with van der Waals surface area (Å²) in [5.74, 6) is 0.524. The maximum Gasteiger partial charge on any atom is 0.416 e. The van der Waals surface area contributed by atoms with E-state index in [4.69, 9.17) is 4.74 Å². The van der Waals surface area contributed by atoms with Gasteiger partial charge in [0.1, 0.15) is 12.4 Å². The van der Waals surface area contributed by atoms with Crippen molar-refractivity contribution in [2.75, 3.05) is 0 Å². The SMILES string of the molecule is Cc1cc(COc2ccc(C=O)c3ccccc23)cc(C(F)(F)F)c1. The van der Waals surface area contributed by atoms with Crippen molar-refractivity contribution >= 4 is 17.1 Å². The number of aryl methyl sites for hydroxylation is 1. The average Bonchev–Trinajstić information content (AvgIpc) is 2.58. The number of benzene rings is 3. The monoisotopic (exact) mass is 344 g/mol. The summed E-state index contributed by atoms with van der Waals surface area (Å²) in [4.78, 5) is 11.1. The van der Waals surface area contributed by atoms with E-state index in [0.717, 1.165) is 29.2 Å². The van der Waals surface area contributed by atoms with E-state index in [1.165, 1.54) is 0 Å². The first-order valence-corrected chi connectivity index (χ1v) is 7.66. The Balaban J connectivity index is 1.91. The Bertz CT molecular complexity index is 930. The zero-order valence-corrected chi connectivity index (χ0v) is 13.4. The van der Waals surface area contributed by atoms with Gasteiger partial charge < -0.3 is 4.74 Å². The number of carbonyl (C=O) groups is 1. The summed E-state index contributed by atoms with van der Waals surface area (Å²) in [6.45, 7) is 1.63. The topological polar surface area (TPSA) is 26.3 Å². The number of carbonyl (C=O) groups excluding carboxylic acids is 1. The predicted octanol–water partition coefficient (Wildman–Crippen LogP) is 5.56. The quantitative estimate of drug-likeness (QED) is 0.579. The zero-order chi connectivity index (χ0) is 18.0. The molecule has 0 saturated carbocycles. The molecule has 0 saturated heterocycles. The smallest absolute Gasteiger partial charge is 0.416 e. The number of ether oxygens (including phenoxy) is 1. The van der Waals surface area contributed by atoms with Gasteiger partial charge in [0.2, 0.25) is 0 Å². The fraction of sp³-hybridized carbons (Fsp3) is 0.150. The van der Waals surface area contributed by atoms with Crippen LogP contribution in [0.1, 0.15) is 27.0 Å². The van der Waals surface area contributed by atoms with E-state index in [1.54, 1.807) is 31.2 Å². The molecule has 3 aromatic carbocycles. The lowest BCUT2D eigenvalue weighted by atomic mass is 10.0. The Kier molecular flexibility index (Phi) is 4.49. The Morgan fingerprint density at radius 2 is 1.72 bits per heavy atom. The van der Waals surface area contributed by atoms with E-state index in [9.17, 15) is 18.0 Å². The second-order valence-corrected chi connectivity index (χ2v) is 5.81. The molecule has 5 heteroatoms. The van der Waals surface area contributed by atoms with Crippen LogP contribution in [0, 0.1) is 6.92 Å². The van der Waals surface area contributed by atoms with E-state index >= 15 is 0 Å². The average molecular weight is 344 g/mol. The molecule has 25 heavy (non-hydrogen) atoms. The number of hydrogen-bond acceptors (Lipinski definition) is 2. The van der Waals surface area contributed by atoms with Gasteiger partial charge in [0, 0.05) is 10.9 Å². The normalized spacial score (nSPS) is 11.5. The van der Waals surface area contributed by atoms with Gasteiger partial charge in [0.05, 0.1) is 5.56 Å². The minimum atomic E-state index is -4.39. The van der Waals surface area contributed by atoms with E-state index in [0.29, 0.717) is 22.4 Å². The highest BCUT2D eigenvalue weighted by Gasteiger charge is 2.30. The van der Waals surface area contributed by atoms with Crippen LogP contribution in [0.2, 0.25) is 0 Å². The molecule has 0 bridgehead atoms. The molecular weight excluding hydrogens is 329 g/mol. The van der Waals surface area contributed by atoms with Gasteiger partial charge in [-0.05, 0) is 42.1 Å². The Labute approximate surface area is 142 Å². The van der Waals surface area contributed by atoms with E-state index in [-0.39, 0.29) is 6.61 Å². The maximum atomic E-state index is 12.9. The summed E-state index contributed by atoms with van der Waals surface area (Å²) in [7, 11) is 0. The van der Waals surface area contributed by atoms with Gasteiger partial charge in [-0.15, -0.1) is 0 Å². The fourth-order valence-electron chi connectivity index (χ4n) is 2.79. The zero-order valence-electron chi connectivity index (χ0n) is 13.4. The lowest BCUT2D eigenvalue weighted by Crippen LogP contribution is -2.07. The second-order valence-electron chi connectivity index (χ2n) is 5.81. The molecule has 0 fully saturated rings. The van der Waals surface area contributed by atoms with Crippen LogP contribution in [0.4, 0.5) is 13.2 Å². The molecule has 0 amide bonds. The van der Waals surface area contributed by atoms with Crippen LogP contribution in [0.15, 0.2) is 54.6 Å². The Hall–Kier alpha value is -2.82. The number of hydrogen-bond donors (Lipinski definition) is 0. The largest absolute Gasteiger partial charge is 0.488 e. The summed E-state index contributed by atoms with van der Waals surface area (Å²) in [5, 5.41) is 1.49. The number of fused-ring (bicyclic) bond motifs is 1. The van der Waals surface area contributed by atoms with Crippen molar-refractivity contribution in [1.29, 1.82) is 0 Å². The molecule has 0 aliphatic heterocycles. The molecule has 0 atom stereocenters. The maximum absolute atomic E-state index is 12.9. The van der Waals surface area contributed by atoms with Crippen LogP contribution in [-0.2, 0) is 12.8 Å². The van der Waals surface area contributed by atoms with Crippen LogP contribution in [-0.4, -0.2) is 6.29 Å². The molecule has 3 rings (SSSR count). The molecule has 0 N–H and O–H groups in total. The Morgan fingerprint density at radius 3 is 2.40 bits per heavy atom. The highest BCUT2D eigenvalue weighted by molar-refractivity contribution is 6.00. The molecule has 0 heterocycles. The van der Waals surface area contributed by atoms with Crippen LogP contribution in [0.5, 0.6) is 5.75 Å². The summed E-state index contributed by atoms with van der Waals surface area (Å²) < 4.78 is 44.5. The van der Waals surface area contributed by atoms with Gasteiger partial charge in [-0.25, -0.2) is 0 Å². The minimum absolute atomic E-state index is 0.00912. The van der Waals surface area contributed by atoms with Crippen molar-refractivity contribution in [3.8, 4) is 5.75 Å². The van der Waals surface area contributed by atoms with Crippen molar-refractivity contribution in [2.45, 2.75) is 19.7 Å². The summed E-state index contributed by atoms with van der Waals surface area (Å²) in [6.07, 6.45) is -3.62. The Morgan fingerprint density at radius 1 is 1.00 bits per heavy atom. The lowest BCUT2D eigenvalue weighted by Gasteiger charge is -2.13. The standard InChI is InChI=1S/C20H15F3O2/c1-13-8-14(10-16(9-13)20(21,22)23)12-25-19-7-6-15(11-24)17-4-2-3-5-18(17)19/h2-11H,12H2,1H3. The highest BCUT2D eigenvalue weighted by Crippen LogP contribution is 2.32. The third kappa shape index (κ3) is 3.65. The van der Waals surface area contributed by atoms with E-state index < -0.39 is 11.7 Å². The van der Waals surface area contributed by atoms with Crippen molar-refractivity contribution in [2.24, 2.45) is 0 Å². The van der Waals surface area contributed by atoms with Crippen molar-refractivity contribution in [3.63, 3.8) is 0 Å². The van der Waals surface area contributed by atoms with Gasteiger partial charge >= 0.3 is 6.18 Å². The number of halogens is 3. The number of aldehydes is 1. The third-order valence-corrected chi connectivity index (χ3v) is 3.90. The molecular formula is C20H15F3O2. The predicted molar refractivity (Wildman–Crippen MR) is 89.8 cm³/mol. The molecule has 2 nitrogen and oxygen atoms in total. The van der Waals surface area contributed by atoms with Crippen LogP contribution in [0.25, 0.3) is 10.8 Å². The molecule has 0 spiro atoms. The van der Waals surface area contributed by atoms with Crippen molar-refractivity contribution in [3.05, 3.63) is 76.9 Å². The molecule has 0 aliphatic carbocycles. The lowest BCUT2D eigenvalue weighted by molar-refractivity contribution is -0.137. The van der Waals surface area contributed by atoms with Crippen LogP contribution >= 0.6 is 0 Å². The minimum Gasteiger partial charge on any atom is -0.488 e. The van der Waals surface area contributed by atoms with Crippen molar-refractivity contribution in [1.82, 2.24) is 0 Å². The van der Waals surface area contributed by atoms with Crippen LogP contribution < -0.4 is 4.74 Å². The van der Waals surface area contributed by atoms with Gasteiger partial charge in [-0.2, -0.15) is 13.2 Å². The second kappa shape index (κ2) is 6.59. The molecule has 3 aromatic rings. The number of alkyl halides is 3. The van der Waals surface area contributed by atoms with Gasteiger partial charge in [0.15, 0.2) is 6.29 Å². The van der Waals surface area contributed by atoms with Crippen LogP contribution in [0.3, 0.4) is 0 Å². The van der Waals surface area contributed by atoms with Gasteiger partial charge in [-0.3, -0.25) is 4.79 Å². The fourth-order valence-corrected chi connectivity index (χ4v) is 2.79.